The Morgan fingerprint density at radius 2 is 1.93 bits per heavy atom. The van der Waals surface area contributed by atoms with E-state index in [0.29, 0.717) is 39.1 Å². The Bertz CT molecular complexity index is 880. The van der Waals surface area contributed by atoms with E-state index in [4.69, 9.17) is 4.99 Å². The Kier molecular flexibility index (Phi) is 6.51. The minimum absolute atomic E-state index is 0.137. The number of likely N-dealkylation sites (tertiary alicyclic amines) is 1. The maximum atomic E-state index is 12.3. The number of carbonyl (C=O) groups excluding carboxylic acids is 1. The fraction of sp³-hybridized carbons (Fsp3) is 0.619. The Morgan fingerprint density at radius 3 is 2.55 bits per heavy atom. The molecule has 0 aromatic heterocycles. The number of hydrogen-bond donors (Lipinski definition) is 1. The van der Waals surface area contributed by atoms with Crippen molar-refractivity contribution in [2.45, 2.75) is 51.4 Å². The first kappa shape index (κ1) is 21.6. The van der Waals surface area contributed by atoms with Gasteiger partial charge in [-0.3, -0.25) is 4.79 Å². The third kappa shape index (κ3) is 4.91. The molecule has 0 spiro atoms. The van der Waals surface area contributed by atoms with Gasteiger partial charge in [-0.25, -0.2) is 13.4 Å². The smallest absolute Gasteiger partial charge is 0.222 e. The summed E-state index contributed by atoms with van der Waals surface area (Å²) in [5, 5.41) is 3.30. The molecule has 0 radical (unpaired) electrons. The van der Waals surface area contributed by atoms with Crippen molar-refractivity contribution in [1.82, 2.24) is 15.1 Å². The van der Waals surface area contributed by atoms with Crippen molar-refractivity contribution in [1.29, 1.82) is 0 Å². The van der Waals surface area contributed by atoms with Gasteiger partial charge in [0, 0.05) is 39.1 Å². The number of hydrogen-bond acceptors (Lipinski definition) is 4. The second kappa shape index (κ2) is 8.73. The highest BCUT2D eigenvalue weighted by Gasteiger charge is 2.41. The lowest BCUT2D eigenvalue weighted by Crippen LogP contribution is -2.57. The predicted molar refractivity (Wildman–Crippen MR) is 115 cm³/mol. The van der Waals surface area contributed by atoms with Crippen molar-refractivity contribution in [3.05, 3.63) is 35.4 Å². The van der Waals surface area contributed by atoms with Crippen molar-refractivity contribution in [3.63, 3.8) is 0 Å². The third-order valence-electron chi connectivity index (χ3n) is 5.73. The fourth-order valence-electron chi connectivity index (χ4n) is 3.85. The summed E-state index contributed by atoms with van der Waals surface area (Å²) in [6.45, 7) is 9.07. The number of nitrogens with zero attached hydrogens (tertiary/aromatic N) is 3. The number of benzene rings is 1. The summed E-state index contributed by atoms with van der Waals surface area (Å²) in [7, 11) is -3.10. The normalized spacial score (nSPS) is 21.5. The van der Waals surface area contributed by atoms with E-state index in [-0.39, 0.29) is 11.7 Å². The van der Waals surface area contributed by atoms with Crippen LogP contribution in [0.15, 0.2) is 29.3 Å². The van der Waals surface area contributed by atoms with E-state index in [9.17, 15) is 13.2 Å². The molecule has 2 aliphatic heterocycles. The highest BCUT2D eigenvalue weighted by molar-refractivity contribution is 7.92. The average molecular weight is 421 g/mol. The summed E-state index contributed by atoms with van der Waals surface area (Å²) in [5.74, 6) is 1.09. The van der Waals surface area contributed by atoms with E-state index in [2.05, 4.69) is 11.4 Å². The topological polar surface area (TPSA) is 82.1 Å². The van der Waals surface area contributed by atoms with Gasteiger partial charge in [0.1, 0.15) is 0 Å². The third-order valence-corrected chi connectivity index (χ3v) is 8.26. The number of nitrogens with one attached hydrogen (secondary N) is 1. The molecule has 0 aliphatic carbocycles. The summed E-state index contributed by atoms with van der Waals surface area (Å²) >= 11 is 0. The summed E-state index contributed by atoms with van der Waals surface area (Å²) in [6, 6.07) is 8.09. The molecule has 1 amide bonds. The number of guanidine groups is 1. The van der Waals surface area contributed by atoms with Crippen LogP contribution in [0.1, 0.15) is 44.7 Å². The predicted octanol–water partition coefficient (Wildman–Crippen LogP) is 1.78. The molecule has 0 unspecified atom stereocenters. The van der Waals surface area contributed by atoms with Gasteiger partial charge in [-0.1, -0.05) is 24.3 Å². The van der Waals surface area contributed by atoms with Crippen LogP contribution >= 0.6 is 0 Å². The molecule has 7 nitrogen and oxygen atoms in total. The van der Waals surface area contributed by atoms with E-state index in [1.165, 1.54) is 0 Å². The average Bonchev–Trinajstić information content (AvgIpc) is 3.07. The first-order valence-electron chi connectivity index (χ1n) is 10.3. The molecule has 2 aliphatic rings. The van der Waals surface area contributed by atoms with Crippen LogP contribution in [0.25, 0.3) is 0 Å². The number of amides is 1. The van der Waals surface area contributed by atoms with Gasteiger partial charge < -0.3 is 15.1 Å². The lowest BCUT2D eigenvalue weighted by Gasteiger charge is -2.39. The van der Waals surface area contributed by atoms with E-state index >= 15 is 0 Å². The van der Waals surface area contributed by atoms with Crippen molar-refractivity contribution in [2.75, 3.05) is 31.9 Å². The lowest BCUT2D eigenvalue weighted by atomic mass is 10.1. The molecule has 3 rings (SSSR count). The summed E-state index contributed by atoms with van der Waals surface area (Å²) in [5.41, 5.74) is 2.20. The Hall–Kier alpha value is -2.09. The Balaban J connectivity index is 1.77. The van der Waals surface area contributed by atoms with Crippen LogP contribution in [0.5, 0.6) is 0 Å². The van der Waals surface area contributed by atoms with Crippen molar-refractivity contribution >= 4 is 21.7 Å². The van der Waals surface area contributed by atoms with Gasteiger partial charge in [-0.15, -0.1) is 0 Å². The van der Waals surface area contributed by atoms with Crippen molar-refractivity contribution < 1.29 is 13.2 Å². The maximum absolute atomic E-state index is 12.3. The maximum Gasteiger partial charge on any atom is 0.222 e. The van der Waals surface area contributed by atoms with Gasteiger partial charge >= 0.3 is 0 Å². The first-order chi connectivity index (χ1) is 13.7. The molecule has 1 aromatic carbocycles. The lowest BCUT2D eigenvalue weighted by molar-refractivity contribution is -0.128. The van der Waals surface area contributed by atoms with Crippen molar-refractivity contribution in [2.24, 2.45) is 4.99 Å². The molecule has 2 heterocycles. The number of carbonyl (C=O) groups is 1. The second-order valence-electron chi connectivity index (χ2n) is 8.36. The number of aliphatic imine (C=N–C) groups is 1. The second-order valence-corrected chi connectivity index (χ2v) is 11.1. The van der Waals surface area contributed by atoms with Gasteiger partial charge in [-0.2, -0.15) is 0 Å². The van der Waals surface area contributed by atoms with Gasteiger partial charge in [0.2, 0.25) is 5.91 Å². The summed E-state index contributed by atoms with van der Waals surface area (Å²) in [6.07, 6.45) is 1.57. The highest BCUT2D eigenvalue weighted by atomic mass is 32.2. The van der Waals surface area contributed by atoms with Gasteiger partial charge in [0.25, 0.3) is 0 Å². The minimum atomic E-state index is -3.10. The van der Waals surface area contributed by atoms with Crippen LogP contribution in [0.3, 0.4) is 0 Å². The Labute approximate surface area is 174 Å². The van der Waals surface area contributed by atoms with E-state index < -0.39 is 14.6 Å². The van der Waals surface area contributed by atoms with Crippen LogP contribution in [-0.2, 0) is 27.7 Å². The SMILES string of the molecule is CCNC(=NCc1ccccc1CN1CCCC1=O)N1CCS(=O)(=O)C(C)(C)C1. The van der Waals surface area contributed by atoms with E-state index in [1.54, 1.807) is 13.8 Å². The van der Waals surface area contributed by atoms with E-state index in [1.807, 2.05) is 34.9 Å². The molecular formula is C21H32N4O3S. The van der Waals surface area contributed by atoms with Gasteiger partial charge in [0.05, 0.1) is 17.0 Å². The largest absolute Gasteiger partial charge is 0.357 e. The standard InChI is InChI=1S/C21H32N4O3S/c1-4-22-20(25-12-13-29(27,28)21(2,3)16-25)23-14-17-8-5-6-9-18(17)15-24-11-7-10-19(24)26/h5-6,8-9H,4,7,10-16H2,1-3H3,(H,22,23). The minimum Gasteiger partial charge on any atom is -0.357 e. The molecule has 1 N–H and O–H groups in total. The molecule has 2 fully saturated rings. The van der Waals surface area contributed by atoms with Gasteiger partial charge in [-0.05, 0) is 38.3 Å². The monoisotopic (exact) mass is 420 g/mol. The molecule has 2 saturated heterocycles. The molecule has 29 heavy (non-hydrogen) atoms. The van der Waals surface area contributed by atoms with E-state index in [0.717, 1.165) is 30.1 Å². The van der Waals surface area contributed by atoms with Crippen LogP contribution in [0, 0.1) is 0 Å². The van der Waals surface area contributed by atoms with Gasteiger partial charge in [0.15, 0.2) is 15.8 Å². The summed E-state index contributed by atoms with van der Waals surface area (Å²) < 4.78 is 23.9. The van der Waals surface area contributed by atoms with Crippen LogP contribution < -0.4 is 5.32 Å². The Morgan fingerprint density at radius 1 is 1.21 bits per heavy atom. The molecule has 8 heteroatoms. The first-order valence-corrected chi connectivity index (χ1v) is 12.0. The zero-order valence-corrected chi connectivity index (χ0v) is 18.5. The van der Waals surface area contributed by atoms with Crippen LogP contribution in [0.2, 0.25) is 0 Å². The molecular weight excluding hydrogens is 388 g/mol. The molecule has 0 saturated carbocycles. The zero-order valence-electron chi connectivity index (χ0n) is 17.6. The molecule has 1 aromatic rings. The molecule has 0 atom stereocenters. The summed E-state index contributed by atoms with van der Waals surface area (Å²) in [4.78, 5) is 20.7. The highest BCUT2D eigenvalue weighted by Crippen LogP contribution is 2.24. The number of sulfone groups is 1. The molecule has 160 valence electrons. The fourth-order valence-corrected chi connectivity index (χ4v) is 5.22. The van der Waals surface area contributed by atoms with Crippen molar-refractivity contribution in [3.8, 4) is 0 Å². The van der Waals surface area contributed by atoms with Crippen LogP contribution in [0.4, 0.5) is 0 Å². The molecule has 0 bridgehead atoms. The quantitative estimate of drug-likeness (QED) is 0.580. The number of rotatable bonds is 5. The van der Waals surface area contributed by atoms with Crippen LogP contribution in [-0.4, -0.2) is 66.8 Å². The zero-order chi connectivity index (χ0) is 21.1.